The quantitative estimate of drug-likeness (QED) is 0.120. The molecule has 4 aromatic rings. The zero-order valence-corrected chi connectivity index (χ0v) is 25.4. The number of rotatable bonds is 8. The molecule has 0 spiro atoms. The molecule has 0 fully saturated rings. The van der Waals surface area contributed by atoms with Gasteiger partial charge >= 0.3 is 94.1 Å². The van der Waals surface area contributed by atoms with Gasteiger partial charge in [-0.3, -0.25) is 4.72 Å². The van der Waals surface area contributed by atoms with E-state index < -0.39 is 36.1 Å². The number of fused-ring (bicyclic) bond motifs is 1. The fraction of sp³-hybridized carbons (Fsp3) is 0.0714. The number of sulfonamides is 1. The number of aromatic hydroxyl groups is 1. The van der Waals surface area contributed by atoms with Crippen LogP contribution in [0.5, 0.6) is 5.75 Å². The molecule has 0 saturated carbocycles. The first-order chi connectivity index (χ1) is 19.6. The Balaban J connectivity index is 0.000000274. The Kier molecular flexibility index (Phi) is 10.3. The van der Waals surface area contributed by atoms with Gasteiger partial charge in [0.05, 0.1) is 16.3 Å². The van der Waals surface area contributed by atoms with Crippen molar-refractivity contribution in [2.45, 2.75) is 6.92 Å². The van der Waals surface area contributed by atoms with E-state index in [1.165, 1.54) is 25.1 Å². The Labute approximate surface area is 249 Å². The van der Waals surface area contributed by atoms with E-state index in [1.54, 1.807) is 0 Å². The van der Waals surface area contributed by atoms with Gasteiger partial charge in [0.2, 0.25) is 10.0 Å². The van der Waals surface area contributed by atoms with Gasteiger partial charge < -0.3 is 5.11 Å². The number of aromatic carboxylic acids is 1. The van der Waals surface area contributed by atoms with Crippen LogP contribution in [0, 0.1) is 0 Å². The molecule has 0 radical (unpaired) electrons. The molecule has 0 aliphatic rings. The van der Waals surface area contributed by atoms with Crippen LogP contribution in [0.2, 0.25) is 5.02 Å². The van der Waals surface area contributed by atoms with Gasteiger partial charge in [-0.05, 0) is 40.1 Å². The molecule has 11 nitrogen and oxygen atoms in total. The number of carboxylic acids is 1. The summed E-state index contributed by atoms with van der Waals surface area (Å²) in [6, 6.07) is 20.5. The molecule has 0 aliphatic carbocycles. The van der Waals surface area contributed by atoms with Crippen molar-refractivity contribution in [2.75, 3.05) is 15.8 Å². The maximum atomic E-state index is 12.5. The maximum absolute atomic E-state index is 12.5. The summed E-state index contributed by atoms with van der Waals surface area (Å²) in [6.07, 6.45) is 0. The van der Waals surface area contributed by atoms with Crippen LogP contribution in [0.25, 0.3) is 16.3 Å². The molecule has 0 heterocycles. The molecule has 1 amide bonds. The van der Waals surface area contributed by atoms with E-state index in [1.807, 2.05) is 42.5 Å². The van der Waals surface area contributed by atoms with E-state index in [2.05, 4.69) is 16.6 Å². The predicted octanol–water partition coefficient (Wildman–Crippen LogP) is 3.56. The standard InChI is InChI=1S/C20H16ClNO4S.C8H10AsNO5/c1-13(16-8-4-6-14-5-2-3-7-17(14)16)12-27(25,26)22-15-9-10-19(21)18(11-15)20(23)24;1-5(11)10-7-4-6(9(13,14)15)2-3-8(7)12/h2-11,22H,1,12H2,(H,23,24);2-4,12H,1H3,(H,10,11)(H2,13,14,15). The number of halogens is 1. The molecular weight excluding hydrogens is 651 g/mol. The summed E-state index contributed by atoms with van der Waals surface area (Å²) in [5.74, 6) is -2.23. The monoisotopic (exact) mass is 676 g/mol. The van der Waals surface area contributed by atoms with Crippen LogP contribution in [0.4, 0.5) is 11.4 Å². The van der Waals surface area contributed by atoms with Crippen molar-refractivity contribution in [3.05, 3.63) is 102 Å². The van der Waals surface area contributed by atoms with Gasteiger partial charge in [0.1, 0.15) is 0 Å². The predicted molar refractivity (Wildman–Crippen MR) is 162 cm³/mol. The van der Waals surface area contributed by atoms with Crippen LogP contribution in [-0.2, 0) is 18.6 Å². The van der Waals surface area contributed by atoms with Crippen LogP contribution in [0.15, 0.2) is 85.4 Å². The second-order valence-electron chi connectivity index (χ2n) is 8.92. The van der Waals surface area contributed by atoms with E-state index in [0.29, 0.717) is 5.57 Å². The van der Waals surface area contributed by atoms with Gasteiger partial charge in [-0.25, -0.2) is 13.2 Å². The fourth-order valence-electron chi connectivity index (χ4n) is 3.80. The van der Waals surface area contributed by atoms with Gasteiger partial charge in [0.25, 0.3) is 0 Å². The molecule has 0 bridgehead atoms. The summed E-state index contributed by atoms with van der Waals surface area (Å²) >= 11 is 0.826. The molecule has 0 aliphatic heterocycles. The average molecular weight is 677 g/mol. The van der Waals surface area contributed by atoms with Crippen molar-refractivity contribution in [1.29, 1.82) is 0 Å². The van der Waals surface area contributed by atoms with Gasteiger partial charge in [0, 0.05) is 5.69 Å². The number of benzene rings is 4. The zero-order chi connectivity index (χ0) is 31.2. The Bertz CT molecular complexity index is 1830. The number of carboxylic acid groups (broad SMARTS) is 1. The number of carbonyl (C=O) groups is 2. The first-order valence-electron chi connectivity index (χ1n) is 11.9. The average Bonchev–Trinajstić information content (AvgIpc) is 2.89. The molecule has 0 unspecified atom stereocenters. The summed E-state index contributed by atoms with van der Waals surface area (Å²) < 4.78 is 56.0. The SMILES string of the molecule is C=C(CS(=O)(=O)Nc1ccc(Cl)c(C(=O)O)c1)c1cccc2ccccc12.CC(=O)Nc1cc([As](=O)(O)O)ccc1O. The topological polar surface area (TPSA) is 190 Å². The van der Waals surface area contributed by atoms with Gasteiger partial charge in [-0.2, -0.15) is 0 Å². The number of amides is 1. The van der Waals surface area contributed by atoms with Crippen LogP contribution in [0.1, 0.15) is 22.8 Å². The molecule has 0 atom stereocenters. The Morgan fingerprint density at radius 2 is 1.62 bits per heavy atom. The summed E-state index contributed by atoms with van der Waals surface area (Å²) in [6.45, 7) is 5.16. The Hall–Kier alpha value is -4.06. The van der Waals surface area contributed by atoms with Crippen LogP contribution < -0.4 is 14.4 Å². The van der Waals surface area contributed by atoms with Crippen molar-refractivity contribution in [3.63, 3.8) is 0 Å². The summed E-state index contributed by atoms with van der Waals surface area (Å²) in [7, 11) is -3.79. The normalized spacial score (nSPS) is 11.2. The molecule has 4 rings (SSSR count). The third kappa shape index (κ3) is 8.72. The minimum atomic E-state index is -4.98. The number of phenols is 1. The van der Waals surface area contributed by atoms with Crippen LogP contribution in [-0.4, -0.2) is 58.6 Å². The van der Waals surface area contributed by atoms with E-state index in [0.717, 1.165) is 34.5 Å². The number of nitrogens with one attached hydrogen (secondary N) is 2. The van der Waals surface area contributed by atoms with Crippen LogP contribution in [0.3, 0.4) is 0 Å². The minimum absolute atomic E-state index is 0.00951. The second kappa shape index (κ2) is 13.3. The van der Waals surface area contributed by atoms with E-state index in [-0.39, 0.29) is 37.8 Å². The number of anilines is 2. The molecule has 6 N–H and O–H groups in total. The third-order valence-electron chi connectivity index (χ3n) is 5.63. The second-order valence-corrected chi connectivity index (χ2v) is 14.4. The Morgan fingerprint density at radius 1 is 0.952 bits per heavy atom. The van der Waals surface area contributed by atoms with Crippen molar-refractivity contribution in [2.24, 2.45) is 0 Å². The first kappa shape index (κ1) is 32.5. The van der Waals surface area contributed by atoms with Gasteiger partial charge in [0.15, 0.2) is 0 Å². The molecule has 14 heteroatoms. The first-order valence-corrected chi connectivity index (χ1v) is 17.3. The third-order valence-corrected chi connectivity index (χ3v) is 9.23. The number of carbonyl (C=O) groups excluding carboxylic acids is 1. The van der Waals surface area contributed by atoms with E-state index >= 15 is 0 Å². The van der Waals surface area contributed by atoms with Crippen molar-refractivity contribution in [3.8, 4) is 5.75 Å². The Morgan fingerprint density at radius 3 is 2.26 bits per heavy atom. The number of hydrogen-bond acceptors (Lipinski definition) is 6. The molecular formula is C28H26AsClN2O9S. The number of phenolic OH excluding ortho intramolecular Hbond substituents is 1. The van der Waals surface area contributed by atoms with Crippen molar-refractivity contribution >= 4 is 79.7 Å². The van der Waals surface area contributed by atoms with Crippen molar-refractivity contribution < 1.29 is 40.2 Å². The molecule has 0 saturated heterocycles. The summed E-state index contributed by atoms with van der Waals surface area (Å²) in [5.41, 5.74) is 1.13. The molecule has 42 heavy (non-hydrogen) atoms. The van der Waals surface area contributed by atoms with Gasteiger partial charge in [-0.1, -0.05) is 60.6 Å². The van der Waals surface area contributed by atoms with E-state index in [4.69, 9.17) is 24.9 Å². The number of hydrogen-bond donors (Lipinski definition) is 6. The molecule has 0 aromatic heterocycles. The zero-order valence-electron chi connectivity index (χ0n) is 22.0. The van der Waals surface area contributed by atoms with Crippen molar-refractivity contribution in [1.82, 2.24) is 0 Å². The van der Waals surface area contributed by atoms with Crippen LogP contribution >= 0.6 is 11.6 Å². The summed E-state index contributed by atoms with van der Waals surface area (Å²) in [5, 5.41) is 22.6. The molecule has 4 aromatic carbocycles. The fourth-order valence-corrected chi connectivity index (χ4v) is 6.36. The van der Waals surface area contributed by atoms with Gasteiger partial charge in [-0.15, -0.1) is 0 Å². The summed E-state index contributed by atoms with van der Waals surface area (Å²) in [4.78, 5) is 21.9. The molecule has 220 valence electrons. The van der Waals surface area contributed by atoms with E-state index in [9.17, 15) is 26.9 Å².